The molecule has 0 atom stereocenters. The normalized spacial score (nSPS) is 22.6. The third-order valence-electron chi connectivity index (χ3n) is 3.93. The fourth-order valence-electron chi connectivity index (χ4n) is 2.76. The molecule has 0 aliphatic heterocycles. The van der Waals surface area contributed by atoms with E-state index in [0.717, 1.165) is 42.5 Å². The van der Waals surface area contributed by atoms with Gasteiger partial charge in [-0.3, -0.25) is 9.78 Å². The standard InChI is InChI=1S/C15H18N4O/c16-15(20)10-5-7-11(8-6-10)18-14-9-17-12-3-1-2-4-13(12)19-14/h1-4,9-11H,5-8H2,(H2,16,20)(H,18,19). The molecule has 1 amide bonds. The van der Waals surface area contributed by atoms with Crippen molar-refractivity contribution in [2.45, 2.75) is 31.7 Å². The molecule has 0 unspecified atom stereocenters. The van der Waals surface area contributed by atoms with Crippen molar-refractivity contribution >= 4 is 22.8 Å². The van der Waals surface area contributed by atoms with Gasteiger partial charge in [-0.05, 0) is 37.8 Å². The molecule has 0 saturated heterocycles. The molecular weight excluding hydrogens is 252 g/mol. The molecule has 1 aromatic heterocycles. The van der Waals surface area contributed by atoms with Gasteiger partial charge < -0.3 is 11.1 Å². The second-order valence-electron chi connectivity index (χ2n) is 5.34. The van der Waals surface area contributed by atoms with Gasteiger partial charge in [0.05, 0.1) is 17.2 Å². The Morgan fingerprint density at radius 1 is 1.15 bits per heavy atom. The highest BCUT2D eigenvalue weighted by atomic mass is 16.1. The van der Waals surface area contributed by atoms with E-state index in [1.807, 2.05) is 24.3 Å². The SMILES string of the molecule is NC(=O)C1CCC(Nc2cnc3ccccc3n2)CC1. The third kappa shape index (κ3) is 2.71. The molecule has 1 saturated carbocycles. The summed E-state index contributed by atoms with van der Waals surface area (Å²) in [4.78, 5) is 20.1. The summed E-state index contributed by atoms with van der Waals surface area (Å²) in [6.07, 6.45) is 5.37. The first-order valence-corrected chi connectivity index (χ1v) is 7.00. The minimum absolute atomic E-state index is 0.0377. The Morgan fingerprint density at radius 2 is 1.85 bits per heavy atom. The van der Waals surface area contributed by atoms with Gasteiger partial charge in [-0.25, -0.2) is 4.98 Å². The number of carbonyl (C=O) groups is 1. The monoisotopic (exact) mass is 270 g/mol. The molecule has 5 nitrogen and oxygen atoms in total. The first kappa shape index (κ1) is 12.8. The van der Waals surface area contributed by atoms with Crippen molar-refractivity contribution in [3.05, 3.63) is 30.5 Å². The summed E-state index contributed by atoms with van der Waals surface area (Å²) >= 11 is 0. The number of nitrogens with two attached hydrogens (primary N) is 1. The van der Waals surface area contributed by atoms with Gasteiger partial charge in [0.2, 0.25) is 5.91 Å². The highest BCUT2D eigenvalue weighted by Crippen LogP contribution is 2.26. The maximum atomic E-state index is 11.1. The van der Waals surface area contributed by atoms with Gasteiger partial charge in [-0.15, -0.1) is 0 Å². The smallest absolute Gasteiger partial charge is 0.220 e. The van der Waals surface area contributed by atoms with Crippen molar-refractivity contribution in [2.24, 2.45) is 11.7 Å². The Balaban J connectivity index is 1.66. The van der Waals surface area contributed by atoms with E-state index in [1.165, 1.54) is 0 Å². The zero-order chi connectivity index (χ0) is 13.9. The number of nitrogens with zero attached hydrogens (tertiary/aromatic N) is 2. The second-order valence-corrected chi connectivity index (χ2v) is 5.34. The Hall–Kier alpha value is -2.17. The van der Waals surface area contributed by atoms with Gasteiger partial charge in [0.15, 0.2) is 0 Å². The number of anilines is 1. The van der Waals surface area contributed by atoms with Crippen LogP contribution in [-0.4, -0.2) is 21.9 Å². The van der Waals surface area contributed by atoms with Crippen LogP contribution >= 0.6 is 0 Å². The van der Waals surface area contributed by atoms with E-state index in [9.17, 15) is 4.79 Å². The van der Waals surface area contributed by atoms with Crippen molar-refractivity contribution in [3.63, 3.8) is 0 Å². The third-order valence-corrected chi connectivity index (χ3v) is 3.93. The fraction of sp³-hybridized carbons (Fsp3) is 0.400. The Bertz CT molecular complexity index is 620. The summed E-state index contributed by atoms with van der Waals surface area (Å²) in [5, 5.41) is 3.41. The molecule has 2 aromatic rings. The van der Waals surface area contributed by atoms with E-state index >= 15 is 0 Å². The van der Waals surface area contributed by atoms with Gasteiger partial charge >= 0.3 is 0 Å². The van der Waals surface area contributed by atoms with Crippen LogP contribution in [-0.2, 0) is 4.79 Å². The molecule has 3 N–H and O–H groups in total. The highest BCUT2D eigenvalue weighted by Gasteiger charge is 2.24. The quantitative estimate of drug-likeness (QED) is 0.894. The lowest BCUT2D eigenvalue weighted by Gasteiger charge is -2.27. The largest absolute Gasteiger partial charge is 0.369 e. The van der Waals surface area contributed by atoms with Gasteiger partial charge in [0.25, 0.3) is 0 Å². The summed E-state index contributed by atoms with van der Waals surface area (Å²) in [5.41, 5.74) is 7.14. The summed E-state index contributed by atoms with van der Waals surface area (Å²) in [7, 11) is 0. The number of fused-ring (bicyclic) bond motifs is 1. The van der Waals surface area contributed by atoms with Crippen LogP contribution in [0, 0.1) is 5.92 Å². The number of hydrogen-bond acceptors (Lipinski definition) is 4. The van der Waals surface area contributed by atoms with Crippen molar-refractivity contribution in [1.29, 1.82) is 0 Å². The predicted octanol–water partition coefficient (Wildman–Crippen LogP) is 2.09. The molecule has 1 aliphatic rings. The molecule has 1 aromatic carbocycles. The summed E-state index contributed by atoms with van der Waals surface area (Å²) < 4.78 is 0. The summed E-state index contributed by atoms with van der Waals surface area (Å²) in [6, 6.07) is 8.16. The molecule has 104 valence electrons. The summed E-state index contributed by atoms with van der Waals surface area (Å²) in [6.45, 7) is 0. The maximum Gasteiger partial charge on any atom is 0.220 e. The molecule has 0 radical (unpaired) electrons. The Labute approximate surface area is 117 Å². The van der Waals surface area contributed by atoms with Crippen LogP contribution in [0.25, 0.3) is 11.0 Å². The van der Waals surface area contributed by atoms with E-state index in [1.54, 1.807) is 6.20 Å². The first-order chi connectivity index (χ1) is 9.72. The summed E-state index contributed by atoms with van der Waals surface area (Å²) in [5.74, 6) is 0.663. The topological polar surface area (TPSA) is 80.9 Å². The molecule has 1 heterocycles. The van der Waals surface area contributed by atoms with Crippen LogP contribution in [0.15, 0.2) is 30.5 Å². The molecule has 5 heteroatoms. The first-order valence-electron chi connectivity index (χ1n) is 7.00. The Kier molecular flexibility index (Phi) is 3.50. The van der Waals surface area contributed by atoms with E-state index in [-0.39, 0.29) is 11.8 Å². The molecular formula is C15H18N4O. The molecule has 1 fully saturated rings. The average Bonchev–Trinajstić information content (AvgIpc) is 2.48. The number of primary amides is 1. The van der Waals surface area contributed by atoms with Crippen molar-refractivity contribution < 1.29 is 4.79 Å². The van der Waals surface area contributed by atoms with E-state index in [0.29, 0.717) is 6.04 Å². The number of aromatic nitrogens is 2. The molecule has 3 rings (SSSR count). The van der Waals surface area contributed by atoms with Gasteiger partial charge in [-0.1, -0.05) is 12.1 Å². The Morgan fingerprint density at radius 3 is 2.55 bits per heavy atom. The van der Waals surface area contributed by atoms with Crippen molar-refractivity contribution in [1.82, 2.24) is 9.97 Å². The van der Waals surface area contributed by atoms with Crippen molar-refractivity contribution in [2.75, 3.05) is 5.32 Å². The van der Waals surface area contributed by atoms with Crippen molar-refractivity contribution in [3.8, 4) is 0 Å². The van der Waals surface area contributed by atoms with Gasteiger partial charge in [0, 0.05) is 12.0 Å². The van der Waals surface area contributed by atoms with E-state index < -0.39 is 0 Å². The zero-order valence-electron chi connectivity index (χ0n) is 11.2. The fourth-order valence-corrected chi connectivity index (χ4v) is 2.76. The lowest BCUT2D eigenvalue weighted by atomic mass is 9.85. The molecule has 1 aliphatic carbocycles. The maximum absolute atomic E-state index is 11.1. The van der Waals surface area contributed by atoms with Crippen LogP contribution in [0.1, 0.15) is 25.7 Å². The average molecular weight is 270 g/mol. The van der Waals surface area contributed by atoms with Crippen LogP contribution in [0.4, 0.5) is 5.82 Å². The van der Waals surface area contributed by atoms with Gasteiger partial charge in [-0.2, -0.15) is 0 Å². The molecule has 20 heavy (non-hydrogen) atoms. The highest BCUT2D eigenvalue weighted by molar-refractivity contribution is 5.77. The van der Waals surface area contributed by atoms with Crippen LogP contribution in [0.2, 0.25) is 0 Å². The van der Waals surface area contributed by atoms with E-state index in [2.05, 4.69) is 15.3 Å². The predicted molar refractivity (Wildman–Crippen MR) is 78.1 cm³/mol. The number of rotatable bonds is 3. The second kappa shape index (κ2) is 5.45. The number of benzene rings is 1. The van der Waals surface area contributed by atoms with Gasteiger partial charge in [0.1, 0.15) is 5.82 Å². The van der Waals surface area contributed by atoms with E-state index in [4.69, 9.17) is 5.73 Å². The minimum Gasteiger partial charge on any atom is -0.369 e. The lowest BCUT2D eigenvalue weighted by Crippen LogP contribution is -2.32. The number of hydrogen-bond donors (Lipinski definition) is 2. The number of nitrogens with one attached hydrogen (secondary N) is 1. The van der Waals surface area contributed by atoms with Crippen LogP contribution < -0.4 is 11.1 Å². The molecule has 0 spiro atoms. The lowest BCUT2D eigenvalue weighted by molar-refractivity contribution is -0.122. The van der Waals surface area contributed by atoms with Crippen LogP contribution in [0.5, 0.6) is 0 Å². The van der Waals surface area contributed by atoms with Crippen LogP contribution in [0.3, 0.4) is 0 Å². The number of carbonyl (C=O) groups excluding carboxylic acids is 1. The number of para-hydroxylation sites is 2. The minimum atomic E-state index is -0.172. The zero-order valence-corrected chi connectivity index (χ0v) is 11.2. The number of amides is 1. The molecule has 0 bridgehead atoms.